The van der Waals surface area contributed by atoms with Gasteiger partial charge in [0.05, 0.1) is 12.6 Å². The molecule has 0 aliphatic heterocycles. The maximum Gasteiger partial charge on any atom is 0.226 e. The number of hydrogen-bond donors (Lipinski definition) is 1. The SMILES string of the molecule is CCc1nc(CN[C@@H]2CCCC[C@H]2n2cccn2)no1. The van der Waals surface area contributed by atoms with Gasteiger partial charge < -0.3 is 9.84 Å². The van der Waals surface area contributed by atoms with Gasteiger partial charge in [0.15, 0.2) is 5.82 Å². The lowest BCUT2D eigenvalue weighted by molar-refractivity contribution is 0.243. The molecule has 2 aromatic heterocycles. The van der Waals surface area contributed by atoms with Crippen molar-refractivity contribution < 1.29 is 4.52 Å². The second-order valence-electron chi connectivity index (χ2n) is 5.28. The van der Waals surface area contributed by atoms with Gasteiger partial charge in [0.1, 0.15) is 0 Å². The standard InChI is InChI=1S/C14H21N5O/c1-2-14-17-13(18-20-14)10-15-11-6-3-4-7-12(11)19-9-5-8-16-19/h5,8-9,11-12,15H,2-4,6-7,10H2,1H3/t11-,12-/m1/s1. The fraction of sp³-hybridized carbons (Fsp3) is 0.643. The van der Waals surface area contributed by atoms with Crippen molar-refractivity contribution in [3.63, 3.8) is 0 Å². The van der Waals surface area contributed by atoms with E-state index in [1.807, 2.05) is 25.4 Å². The molecule has 6 heteroatoms. The van der Waals surface area contributed by atoms with Gasteiger partial charge in [0.2, 0.25) is 5.89 Å². The number of aryl methyl sites for hydroxylation is 1. The summed E-state index contributed by atoms with van der Waals surface area (Å²) in [7, 11) is 0. The topological polar surface area (TPSA) is 68.8 Å². The van der Waals surface area contributed by atoms with E-state index in [4.69, 9.17) is 4.52 Å². The molecule has 0 radical (unpaired) electrons. The molecule has 0 amide bonds. The van der Waals surface area contributed by atoms with E-state index in [1.54, 1.807) is 0 Å². The number of aromatic nitrogens is 4. The van der Waals surface area contributed by atoms with E-state index in [0.29, 0.717) is 24.5 Å². The highest BCUT2D eigenvalue weighted by Crippen LogP contribution is 2.28. The Kier molecular flexibility index (Phi) is 4.11. The lowest BCUT2D eigenvalue weighted by atomic mass is 9.90. The predicted molar refractivity (Wildman–Crippen MR) is 74.0 cm³/mol. The third kappa shape index (κ3) is 2.90. The van der Waals surface area contributed by atoms with Gasteiger partial charge in [-0.25, -0.2) is 0 Å². The molecule has 0 bridgehead atoms. The van der Waals surface area contributed by atoms with Crippen LogP contribution < -0.4 is 5.32 Å². The maximum atomic E-state index is 5.13. The summed E-state index contributed by atoms with van der Waals surface area (Å²) in [5, 5.41) is 11.9. The third-order valence-electron chi connectivity index (χ3n) is 3.93. The van der Waals surface area contributed by atoms with E-state index in [1.165, 1.54) is 25.7 Å². The van der Waals surface area contributed by atoms with Gasteiger partial charge in [-0.3, -0.25) is 4.68 Å². The van der Waals surface area contributed by atoms with Gasteiger partial charge in [-0.15, -0.1) is 0 Å². The minimum atomic E-state index is 0.423. The van der Waals surface area contributed by atoms with E-state index in [2.05, 4.69) is 25.2 Å². The average Bonchev–Trinajstić information content (AvgIpc) is 3.17. The van der Waals surface area contributed by atoms with E-state index in [9.17, 15) is 0 Å². The fourth-order valence-corrected chi connectivity index (χ4v) is 2.87. The van der Waals surface area contributed by atoms with Gasteiger partial charge in [-0.05, 0) is 18.9 Å². The molecule has 0 aromatic carbocycles. The van der Waals surface area contributed by atoms with E-state index in [-0.39, 0.29) is 0 Å². The molecule has 0 saturated heterocycles. The Morgan fingerprint density at radius 3 is 3.05 bits per heavy atom. The highest BCUT2D eigenvalue weighted by atomic mass is 16.5. The molecule has 2 aromatic rings. The summed E-state index contributed by atoms with van der Waals surface area (Å²) in [4.78, 5) is 4.34. The zero-order valence-corrected chi connectivity index (χ0v) is 11.8. The average molecular weight is 275 g/mol. The third-order valence-corrected chi connectivity index (χ3v) is 3.93. The number of nitrogens with one attached hydrogen (secondary N) is 1. The first-order valence-corrected chi connectivity index (χ1v) is 7.41. The highest BCUT2D eigenvalue weighted by molar-refractivity contribution is 4.92. The Hall–Kier alpha value is -1.69. The molecule has 6 nitrogen and oxygen atoms in total. The normalized spacial score (nSPS) is 23.1. The number of rotatable bonds is 5. The van der Waals surface area contributed by atoms with Gasteiger partial charge in [-0.1, -0.05) is 24.9 Å². The van der Waals surface area contributed by atoms with Crippen molar-refractivity contribution >= 4 is 0 Å². The van der Waals surface area contributed by atoms with Crippen LogP contribution >= 0.6 is 0 Å². The van der Waals surface area contributed by atoms with Crippen molar-refractivity contribution in [2.45, 2.75) is 57.7 Å². The number of nitrogens with zero attached hydrogens (tertiary/aromatic N) is 4. The summed E-state index contributed by atoms with van der Waals surface area (Å²) >= 11 is 0. The molecule has 0 spiro atoms. The van der Waals surface area contributed by atoms with Crippen LogP contribution in [0.1, 0.15) is 50.4 Å². The van der Waals surface area contributed by atoms with Crippen LogP contribution in [0.2, 0.25) is 0 Å². The highest BCUT2D eigenvalue weighted by Gasteiger charge is 2.26. The van der Waals surface area contributed by atoms with Gasteiger partial charge >= 0.3 is 0 Å². The largest absolute Gasteiger partial charge is 0.339 e. The van der Waals surface area contributed by atoms with Crippen LogP contribution in [0, 0.1) is 0 Å². The van der Waals surface area contributed by atoms with E-state index < -0.39 is 0 Å². The van der Waals surface area contributed by atoms with Gasteiger partial charge in [0.25, 0.3) is 0 Å². The predicted octanol–water partition coefficient (Wildman–Crippen LogP) is 2.10. The molecule has 1 aliphatic carbocycles. The Balaban J connectivity index is 1.62. The summed E-state index contributed by atoms with van der Waals surface area (Å²) in [6, 6.07) is 2.83. The molecule has 1 aliphatic rings. The lowest BCUT2D eigenvalue weighted by Gasteiger charge is -2.32. The maximum absolute atomic E-state index is 5.13. The Bertz CT molecular complexity index is 521. The van der Waals surface area contributed by atoms with Crippen molar-refractivity contribution in [2.24, 2.45) is 0 Å². The van der Waals surface area contributed by atoms with Gasteiger partial charge in [0, 0.05) is 24.9 Å². The molecule has 1 saturated carbocycles. The van der Waals surface area contributed by atoms with Crippen molar-refractivity contribution in [1.82, 2.24) is 25.2 Å². The molecule has 2 heterocycles. The summed E-state index contributed by atoms with van der Waals surface area (Å²) in [5.74, 6) is 1.45. The molecule has 108 valence electrons. The summed E-state index contributed by atoms with van der Waals surface area (Å²) < 4.78 is 7.21. The first-order valence-electron chi connectivity index (χ1n) is 7.41. The van der Waals surface area contributed by atoms with Crippen LogP contribution in [0.3, 0.4) is 0 Å². The van der Waals surface area contributed by atoms with Crippen molar-refractivity contribution in [2.75, 3.05) is 0 Å². The molecule has 0 unspecified atom stereocenters. The van der Waals surface area contributed by atoms with E-state index >= 15 is 0 Å². The fourth-order valence-electron chi connectivity index (χ4n) is 2.87. The quantitative estimate of drug-likeness (QED) is 0.905. The summed E-state index contributed by atoms with van der Waals surface area (Å²) in [6.45, 7) is 2.67. The monoisotopic (exact) mass is 275 g/mol. The van der Waals surface area contributed by atoms with Crippen molar-refractivity contribution in [3.8, 4) is 0 Å². The van der Waals surface area contributed by atoms with Crippen LogP contribution in [-0.4, -0.2) is 26.0 Å². The zero-order chi connectivity index (χ0) is 13.8. The van der Waals surface area contributed by atoms with Crippen LogP contribution in [0.25, 0.3) is 0 Å². The molecule has 3 rings (SSSR count). The van der Waals surface area contributed by atoms with Crippen molar-refractivity contribution in [3.05, 3.63) is 30.2 Å². The zero-order valence-electron chi connectivity index (χ0n) is 11.8. The summed E-state index contributed by atoms with van der Waals surface area (Å²) in [5.41, 5.74) is 0. The molecular weight excluding hydrogens is 254 g/mol. The van der Waals surface area contributed by atoms with Crippen LogP contribution in [0.4, 0.5) is 0 Å². The Morgan fingerprint density at radius 1 is 1.40 bits per heavy atom. The molecular formula is C14H21N5O. The van der Waals surface area contributed by atoms with Crippen molar-refractivity contribution in [1.29, 1.82) is 0 Å². The first kappa shape index (κ1) is 13.3. The molecule has 1 fully saturated rings. The minimum Gasteiger partial charge on any atom is -0.339 e. The summed E-state index contributed by atoms with van der Waals surface area (Å²) in [6.07, 6.45) is 9.56. The van der Waals surface area contributed by atoms with Crippen LogP contribution in [0.5, 0.6) is 0 Å². The lowest BCUT2D eigenvalue weighted by Crippen LogP contribution is -2.39. The molecule has 20 heavy (non-hydrogen) atoms. The Morgan fingerprint density at radius 2 is 2.30 bits per heavy atom. The number of hydrogen-bond acceptors (Lipinski definition) is 5. The minimum absolute atomic E-state index is 0.423. The second kappa shape index (κ2) is 6.17. The smallest absolute Gasteiger partial charge is 0.226 e. The van der Waals surface area contributed by atoms with Crippen LogP contribution in [0.15, 0.2) is 23.0 Å². The Labute approximate surface area is 118 Å². The van der Waals surface area contributed by atoms with Gasteiger partial charge in [-0.2, -0.15) is 10.1 Å². The van der Waals surface area contributed by atoms with E-state index in [0.717, 1.165) is 12.2 Å². The first-order chi connectivity index (χ1) is 9.86. The molecule has 1 N–H and O–H groups in total. The second-order valence-corrected chi connectivity index (χ2v) is 5.28. The molecule has 2 atom stereocenters. The van der Waals surface area contributed by atoms with Crippen LogP contribution in [-0.2, 0) is 13.0 Å².